The van der Waals surface area contributed by atoms with Crippen molar-refractivity contribution in [2.45, 2.75) is 6.92 Å². The molecule has 0 bridgehead atoms. The number of hydrogen-bond donors (Lipinski definition) is 1. The topological polar surface area (TPSA) is 79.2 Å². The second-order valence-electron chi connectivity index (χ2n) is 5.72. The van der Waals surface area contributed by atoms with Gasteiger partial charge in [-0.25, -0.2) is 4.79 Å². The quantitative estimate of drug-likeness (QED) is 0.295. The summed E-state index contributed by atoms with van der Waals surface area (Å²) >= 11 is 8.56. The highest BCUT2D eigenvalue weighted by Gasteiger charge is 2.23. The number of esters is 1. The summed E-state index contributed by atoms with van der Waals surface area (Å²) in [5, 5.41) is 16.6. The lowest BCUT2D eigenvalue weighted by Crippen LogP contribution is -2.16. The summed E-state index contributed by atoms with van der Waals surface area (Å²) in [6.45, 7) is 1.91. The molecular weight excluding hydrogens is 428 g/mol. The number of rotatable bonds is 6. The number of nitrogens with one attached hydrogen (secondary N) is 1. The number of carbonyl (C=O) groups is 2. The van der Waals surface area contributed by atoms with Gasteiger partial charge >= 0.3 is 5.97 Å². The molecule has 0 aliphatic rings. The number of benzene rings is 1. The molecule has 8 heteroatoms. The van der Waals surface area contributed by atoms with Crippen molar-refractivity contribution >= 4 is 57.2 Å². The van der Waals surface area contributed by atoms with Crippen LogP contribution in [0.2, 0.25) is 5.02 Å². The third-order valence-electron chi connectivity index (χ3n) is 3.85. The number of hydrogen-bond acceptors (Lipinski definition) is 6. The maximum atomic E-state index is 12.6. The lowest BCUT2D eigenvalue weighted by Gasteiger charge is -2.08. The predicted octanol–water partition coefficient (Wildman–Crippen LogP) is 5.85. The molecule has 5 nitrogen and oxygen atoms in total. The molecule has 1 amide bonds. The summed E-state index contributed by atoms with van der Waals surface area (Å²) in [6, 6.07) is 12.6. The predicted molar refractivity (Wildman–Crippen MR) is 117 cm³/mol. The summed E-state index contributed by atoms with van der Waals surface area (Å²) < 4.78 is 5.18. The molecule has 0 saturated heterocycles. The van der Waals surface area contributed by atoms with Gasteiger partial charge in [-0.15, -0.1) is 22.7 Å². The largest absolute Gasteiger partial charge is 0.462 e. The average Bonchev–Trinajstić information content (AvgIpc) is 3.36. The fraction of sp³-hybridized carbons (Fsp3) is 0.0952. The minimum atomic E-state index is -0.587. The normalized spacial score (nSPS) is 11.0. The van der Waals surface area contributed by atoms with Crippen molar-refractivity contribution in [3.05, 3.63) is 68.2 Å². The van der Waals surface area contributed by atoms with Crippen molar-refractivity contribution in [1.29, 1.82) is 5.26 Å². The number of ether oxygens (including phenoxy) is 1. The number of thiophene rings is 2. The maximum absolute atomic E-state index is 12.6. The van der Waals surface area contributed by atoms with E-state index < -0.39 is 11.9 Å². The van der Waals surface area contributed by atoms with E-state index in [4.69, 9.17) is 16.3 Å². The molecule has 0 unspecified atom stereocenters. The van der Waals surface area contributed by atoms with Crippen molar-refractivity contribution in [2.24, 2.45) is 0 Å². The first-order chi connectivity index (χ1) is 14.0. The van der Waals surface area contributed by atoms with Crippen LogP contribution in [0.4, 0.5) is 5.00 Å². The van der Waals surface area contributed by atoms with E-state index in [2.05, 4.69) is 5.32 Å². The Bertz CT molecular complexity index is 1090. The van der Waals surface area contributed by atoms with Gasteiger partial charge in [0.1, 0.15) is 22.2 Å². The van der Waals surface area contributed by atoms with Gasteiger partial charge in [-0.2, -0.15) is 5.26 Å². The lowest BCUT2D eigenvalue weighted by atomic mass is 10.0. The molecule has 0 fully saturated rings. The third kappa shape index (κ3) is 4.93. The van der Waals surface area contributed by atoms with E-state index in [1.165, 1.54) is 28.7 Å². The summed E-state index contributed by atoms with van der Waals surface area (Å²) in [4.78, 5) is 26.0. The SMILES string of the molecule is CCOC(=O)c1c(-c2ccc(Cl)cc2)csc1NC(=O)/C(C#N)=C/c1cccs1. The fourth-order valence-electron chi connectivity index (χ4n) is 2.53. The van der Waals surface area contributed by atoms with E-state index in [-0.39, 0.29) is 17.7 Å². The molecule has 29 heavy (non-hydrogen) atoms. The van der Waals surface area contributed by atoms with Crippen LogP contribution in [0.5, 0.6) is 0 Å². The molecule has 3 rings (SSSR count). The van der Waals surface area contributed by atoms with E-state index in [1.54, 1.807) is 36.6 Å². The van der Waals surface area contributed by atoms with Crippen LogP contribution >= 0.6 is 34.3 Å². The van der Waals surface area contributed by atoms with Crippen LogP contribution in [0.25, 0.3) is 17.2 Å². The van der Waals surface area contributed by atoms with Gasteiger partial charge in [0.05, 0.1) is 6.61 Å². The lowest BCUT2D eigenvalue weighted by molar-refractivity contribution is -0.112. The van der Waals surface area contributed by atoms with Crippen LogP contribution < -0.4 is 5.32 Å². The van der Waals surface area contributed by atoms with Gasteiger partial charge in [0.25, 0.3) is 5.91 Å². The Labute approximate surface area is 180 Å². The van der Waals surface area contributed by atoms with E-state index in [1.807, 2.05) is 23.6 Å². The molecule has 3 aromatic rings. The van der Waals surface area contributed by atoms with Crippen molar-refractivity contribution in [1.82, 2.24) is 0 Å². The maximum Gasteiger partial charge on any atom is 0.341 e. The number of carbonyl (C=O) groups excluding carboxylic acids is 2. The zero-order chi connectivity index (χ0) is 20.8. The van der Waals surface area contributed by atoms with Gasteiger partial charge in [-0.3, -0.25) is 4.79 Å². The highest BCUT2D eigenvalue weighted by molar-refractivity contribution is 7.15. The Balaban J connectivity index is 1.96. The first kappa shape index (κ1) is 20.8. The first-order valence-electron chi connectivity index (χ1n) is 8.54. The molecule has 0 aliphatic carbocycles. The number of halogens is 1. The standard InChI is InChI=1S/C21H15ClN2O3S2/c1-2-27-21(26)18-17(13-5-7-15(22)8-6-13)12-29-20(18)24-19(25)14(11-23)10-16-4-3-9-28-16/h3-10,12H,2H2,1H3,(H,24,25)/b14-10+. The minimum absolute atomic E-state index is 0.0521. The first-order valence-corrected chi connectivity index (χ1v) is 10.7. The molecule has 1 N–H and O–H groups in total. The van der Waals surface area contributed by atoms with Crippen LogP contribution in [0, 0.1) is 11.3 Å². The molecule has 0 saturated carbocycles. The van der Waals surface area contributed by atoms with E-state index in [0.717, 1.165) is 10.4 Å². The number of nitrogens with zero attached hydrogens (tertiary/aromatic N) is 1. The molecule has 0 aliphatic heterocycles. The van der Waals surface area contributed by atoms with Crippen LogP contribution in [0.1, 0.15) is 22.2 Å². The average molecular weight is 443 g/mol. The van der Waals surface area contributed by atoms with E-state index >= 15 is 0 Å². The Morgan fingerprint density at radius 3 is 2.62 bits per heavy atom. The summed E-state index contributed by atoms with van der Waals surface area (Å²) in [5.41, 5.74) is 1.59. The van der Waals surface area contributed by atoms with Crippen LogP contribution in [-0.4, -0.2) is 18.5 Å². The summed E-state index contributed by atoms with van der Waals surface area (Å²) in [5.74, 6) is -1.13. The summed E-state index contributed by atoms with van der Waals surface area (Å²) in [7, 11) is 0. The van der Waals surface area contributed by atoms with Crippen molar-refractivity contribution in [3.63, 3.8) is 0 Å². The summed E-state index contributed by atoms with van der Waals surface area (Å²) in [6.07, 6.45) is 1.51. The van der Waals surface area contributed by atoms with Crippen LogP contribution in [0.15, 0.2) is 52.7 Å². The highest BCUT2D eigenvalue weighted by Crippen LogP contribution is 2.37. The van der Waals surface area contributed by atoms with Crippen molar-refractivity contribution in [2.75, 3.05) is 11.9 Å². The molecule has 0 atom stereocenters. The van der Waals surface area contributed by atoms with Gasteiger partial charge < -0.3 is 10.1 Å². The van der Waals surface area contributed by atoms with E-state index in [0.29, 0.717) is 15.6 Å². The Morgan fingerprint density at radius 2 is 2.00 bits per heavy atom. The number of amides is 1. The molecule has 0 radical (unpaired) electrons. The number of anilines is 1. The molecule has 2 aromatic heterocycles. The highest BCUT2D eigenvalue weighted by atomic mass is 35.5. The van der Waals surface area contributed by atoms with Crippen LogP contribution in [0.3, 0.4) is 0 Å². The third-order valence-corrected chi connectivity index (χ3v) is 5.81. The van der Waals surface area contributed by atoms with Crippen LogP contribution in [-0.2, 0) is 9.53 Å². The van der Waals surface area contributed by atoms with Gasteiger partial charge in [0.15, 0.2) is 0 Å². The molecule has 0 spiro atoms. The fourth-order valence-corrected chi connectivity index (χ4v) is 4.27. The zero-order valence-electron chi connectivity index (χ0n) is 15.3. The monoisotopic (exact) mass is 442 g/mol. The van der Waals surface area contributed by atoms with Gasteiger partial charge in [-0.05, 0) is 42.1 Å². The Kier molecular flexibility index (Phi) is 6.83. The zero-order valence-corrected chi connectivity index (χ0v) is 17.7. The smallest absolute Gasteiger partial charge is 0.341 e. The molecule has 2 heterocycles. The second kappa shape index (κ2) is 9.52. The van der Waals surface area contributed by atoms with Gasteiger partial charge in [0, 0.05) is 20.8 Å². The molecule has 1 aromatic carbocycles. The minimum Gasteiger partial charge on any atom is -0.462 e. The second-order valence-corrected chi connectivity index (χ2v) is 8.02. The van der Waals surface area contributed by atoms with Crippen molar-refractivity contribution < 1.29 is 14.3 Å². The molecule has 146 valence electrons. The Hall–Kier alpha value is -2.92. The molecular formula is C21H15ClN2O3S2. The van der Waals surface area contributed by atoms with E-state index in [9.17, 15) is 14.9 Å². The van der Waals surface area contributed by atoms with Crippen molar-refractivity contribution in [3.8, 4) is 17.2 Å². The van der Waals surface area contributed by atoms with Gasteiger partial charge in [0.2, 0.25) is 0 Å². The Morgan fingerprint density at radius 1 is 1.24 bits per heavy atom. The number of nitriles is 1. The van der Waals surface area contributed by atoms with Gasteiger partial charge in [-0.1, -0.05) is 29.8 Å².